The molecule has 2 aromatic carbocycles. The number of benzene rings is 2. The van der Waals surface area contributed by atoms with Gasteiger partial charge in [-0.3, -0.25) is 0 Å². The Bertz CT molecular complexity index is 657. The van der Waals surface area contributed by atoms with Gasteiger partial charge in [0.2, 0.25) is 0 Å². The van der Waals surface area contributed by atoms with Gasteiger partial charge in [-0.05, 0) is 60.7 Å². The summed E-state index contributed by atoms with van der Waals surface area (Å²) in [5.74, 6) is 1.13. The Morgan fingerprint density at radius 1 is 1.14 bits per heavy atom. The predicted octanol–water partition coefficient (Wildman–Crippen LogP) is 4.67. The van der Waals surface area contributed by atoms with E-state index in [4.69, 9.17) is 10.00 Å². The quantitative estimate of drug-likeness (QED) is 0.337. The third-order valence-electron chi connectivity index (χ3n) is 3.05. The van der Waals surface area contributed by atoms with E-state index in [-0.39, 0.29) is 0 Å². The van der Waals surface area contributed by atoms with Gasteiger partial charge < -0.3 is 4.74 Å². The van der Waals surface area contributed by atoms with E-state index in [1.165, 1.54) is 12.8 Å². The first-order chi connectivity index (χ1) is 10.7. The molecule has 0 aliphatic heterocycles. The summed E-state index contributed by atoms with van der Waals surface area (Å²) in [5, 5.41) is 8.73. The predicted molar refractivity (Wildman–Crippen MR) is 88.2 cm³/mol. The van der Waals surface area contributed by atoms with Crippen LogP contribution in [0.3, 0.4) is 0 Å². The van der Waals surface area contributed by atoms with Crippen molar-refractivity contribution in [2.45, 2.75) is 24.7 Å². The number of nitriles is 1. The van der Waals surface area contributed by atoms with E-state index in [1.807, 2.05) is 18.2 Å². The summed E-state index contributed by atoms with van der Waals surface area (Å²) in [6.07, 6.45) is 2.37. The molecule has 0 aliphatic rings. The second-order valence-electron chi connectivity index (χ2n) is 4.75. The number of rotatable bonds is 6. The van der Waals surface area contributed by atoms with Crippen molar-refractivity contribution in [1.82, 2.24) is 0 Å². The van der Waals surface area contributed by atoms with Gasteiger partial charge in [-0.1, -0.05) is 13.3 Å². The Kier molecular flexibility index (Phi) is 6.05. The highest BCUT2D eigenvalue weighted by Gasteiger charge is 2.08. The summed E-state index contributed by atoms with van der Waals surface area (Å²) in [7, 11) is 0. The van der Waals surface area contributed by atoms with Crippen LogP contribution in [0.15, 0.2) is 53.4 Å². The van der Waals surface area contributed by atoms with Crippen molar-refractivity contribution < 1.29 is 9.53 Å². The molecular formula is C18H17NO2S. The van der Waals surface area contributed by atoms with Crippen molar-refractivity contribution >= 4 is 17.7 Å². The molecule has 22 heavy (non-hydrogen) atoms. The normalized spacial score (nSPS) is 10.0. The highest BCUT2D eigenvalue weighted by molar-refractivity contribution is 7.99. The number of unbranched alkanes of at least 4 members (excludes halogenated alkanes) is 1. The maximum Gasteiger partial charge on any atom is 0.343 e. The van der Waals surface area contributed by atoms with Crippen LogP contribution < -0.4 is 4.74 Å². The average Bonchev–Trinajstić information content (AvgIpc) is 2.56. The van der Waals surface area contributed by atoms with Crippen LogP contribution in [0, 0.1) is 11.3 Å². The molecule has 3 nitrogen and oxygen atoms in total. The summed E-state index contributed by atoms with van der Waals surface area (Å²) in [6, 6.07) is 15.9. The van der Waals surface area contributed by atoms with Gasteiger partial charge >= 0.3 is 5.97 Å². The van der Waals surface area contributed by atoms with Crippen LogP contribution in [0.5, 0.6) is 5.75 Å². The van der Waals surface area contributed by atoms with Crippen molar-refractivity contribution in [2.75, 3.05) is 5.75 Å². The highest BCUT2D eigenvalue weighted by Crippen LogP contribution is 2.20. The number of ether oxygens (including phenoxy) is 1. The Balaban J connectivity index is 1.95. The first kappa shape index (κ1) is 16.1. The summed E-state index contributed by atoms with van der Waals surface area (Å²) in [6.45, 7) is 2.17. The number of nitrogens with zero attached hydrogens (tertiary/aromatic N) is 1. The van der Waals surface area contributed by atoms with E-state index in [9.17, 15) is 4.79 Å². The van der Waals surface area contributed by atoms with Gasteiger partial charge in [0, 0.05) is 4.90 Å². The molecule has 0 amide bonds. The maximum atomic E-state index is 12.0. The minimum atomic E-state index is -0.394. The number of carbonyl (C=O) groups excluding carboxylic acids is 1. The fourth-order valence-electron chi connectivity index (χ4n) is 1.79. The fourth-order valence-corrected chi connectivity index (χ4v) is 2.78. The molecule has 0 radical (unpaired) electrons. The molecule has 2 aromatic rings. The molecule has 0 saturated carbocycles. The molecule has 2 rings (SSSR count). The summed E-state index contributed by atoms with van der Waals surface area (Å²) >= 11 is 1.79. The molecule has 0 fully saturated rings. The second kappa shape index (κ2) is 8.26. The number of hydrogen-bond donors (Lipinski definition) is 0. The SMILES string of the molecule is CCCCSc1ccc(C(=O)Oc2ccc(C#N)cc2)cc1. The van der Waals surface area contributed by atoms with E-state index >= 15 is 0 Å². The molecule has 0 N–H and O–H groups in total. The zero-order valence-corrected chi connectivity index (χ0v) is 13.2. The lowest BCUT2D eigenvalue weighted by molar-refractivity contribution is 0.0734. The number of esters is 1. The van der Waals surface area contributed by atoms with Gasteiger partial charge in [0.05, 0.1) is 17.2 Å². The first-order valence-electron chi connectivity index (χ1n) is 7.18. The number of hydrogen-bond acceptors (Lipinski definition) is 4. The highest BCUT2D eigenvalue weighted by atomic mass is 32.2. The van der Waals surface area contributed by atoms with E-state index in [1.54, 1.807) is 48.2 Å². The van der Waals surface area contributed by atoms with Gasteiger partial charge in [-0.2, -0.15) is 5.26 Å². The lowest BCUT2D eigenvalue weighted by Crippen LogP contribution is -2.08. The third-order valence-corrected chi connectivity index (χ3v) is 4.15. The van der Waals surface area contributed by atoms with Gasteiger partial charge in [-0.25, -0.2) is 4.79 Å². The molecule has 0 atom stereocenters. The van der Waals surface area contributed by atoms with Crippen LogP contribution >= 0.6 is 11.8 Å². The minimum Gasteiger partial charge on any atom is -0.423 e. The molecule has 0 aliphatic carbocycles. The van der Waals surface area contributed by atoms with Gasteiger partial charge in [0.1, 0.15) is 5.75 Å². The molecular weight excluding hydrogens is 294 g/mol. The van der Waals surface area contributed by atoms with Crippen LogP contribution in [0.25, 0.3) is 0 Å². The van der Waals surface area contributed by atoms with Crippen molar-refractivity contribution in [3.8, 4) is 11.8 Å². The number of carbonyl (C=O) groups is 1. The van der Waals surface area contributed by atoms with Crippen molar-refractivity contribution in [3.05, 3.63) is 59.7 Å². The molecule has 0 bridgehead atoms. The summed E-state index contributed by atoms with van der Waals surface area (Å²) in [5.41, 5.74) is 1.05. The Morgan fingerprint density at radius 2 is 1.82 bits per heavy atom. The van der Waals surface area contributed by atoms with Crippen LogP contribution in [0.4, 0.5) is 0 Å². The van der Waals surface area contributed by atoms with E-state index in [2.05, 4.69) is 6.92 Å². The Morgan fingerprint density at radius 3 is 2.41 bits per heavy atom. The second-order valence-corrected chi connectivity index (χ2v) is 5.92. The molecule has 4 heteroatoms. The molecule has 0 heterocycles. The summed E-state index contributed by atoms with van der Waals surface area (Å²) in [4.78, 5) is 13.2. The molecule has 0 unspecified atom stereocenters. The van der Waals surface area contributed by atoms with E-state index in [0.29, 0.717) is 16.9 Å². The van der Waals surface area contributed by atoms with E-state index < -0.39 is 5.97 Å². The van der Waals surface area contributed by atoms with Crippen LogP contribution in [0.2, 0.25) is 0 Å². The van der Waals surface area contributed by atoms with Crippen molar-refractivity contribution in [3.63, 3.8) is 0 Å². The standard InChI is InChI=1S/C18H17NO2S/c1-2-3-12-22-17-10-6-15(7-11-17)18(20)21-16-8-4-14(13-19)5-9-16/h4-11H,2-3,12H2,1H3. The molecule has 0 spiro atoms. The maximum absolute atomic E-state index is 12.0. The lowest BCUT2D eigenvalue weighted by atomic mass is 10.2. The molecule has 0 saturated heterocycles. The smallest absolute Gasteiger partial charge is 0.343 e. The molecule has 112 valence electrons. The van der Waals surface area contributed by atoms with Crippen molar-refractivity contribution in [1.29, 1.82) is 5.26 Å². The minimum absolute atomic E-state index is 0.394. The monoisotopic (exact) mass is 311 g/mol. The topological polar surface area (TPSA) is 50.1 Å². The van der Waals surface area contributed by atoms with Gasteiger partial charge in [0.15, 0.2) is 0 Å². The number of thioether (sulfide) groups is 1. The zero-order valence-electron chi connectivity index (χ0n) is 12.4. The van der Waals surface area contributed by atoms with Crippen LogP contribution in [-0.2, 0) is 0 Å². The Hall–Kier alpha value is -2.25. The third kappa shape index (κ3) is 4.64. The van der Waals surface area contributed by atoms with Crippen LogP contribution in [-0.4, -0.2) is 11.7 Å². The fraction of sp³-hybridized carbons (Fsp3) is 0.222. The van der Waals surface area contributed by atoms with Gasteiger partial charge in [-0.15, -0.1) is 11.8 Å². The summed E-state index contributed by atoms with van der Waals surface area (Å²) < 4.78 is 5.28. The van der Waals surface area contributed by atoms with Crippen LogP contribution in [0.1, 0.15) is 35.7 Å². The van der Waals surface area contributed by atoms with E-state index in [0.717, 1.165) is 10.6 Å². The average molecular weight is 311 g/mol. The largest absolute Gasteiger partial charge is 0.423 e. The zero-order chi connectivity index (χ0) is 15.8. The lowest BCUT2D eigenvalue weighted by Gasteiger charge is -2.05. The Labute approximate surface area is 134 Å². The van der Waals surface area contributed by atoms with Gasteiger partial charge in [0.25, 0.3) is 0 Å². The van der Waals surface area contributed by atoms with Crippen molar-refractivity contribution in [2.24, 2.45) is 0 Å². The first-order valence-corrected chi connectivity index (χ1v) is 8.16. The molecule has 0 aromatic heterocycles.